The van der Waals surface area contributed by atoms with Crippen LogP contribution in [0.2, 0.25) is 0 Å². The molecule has 0 radical (unpaired) electrons. The molecular formula is C14H12F3N3O3. The lowest BCUT2D eigenvalue weighted by Gasteiger charge is -2.10. The van der Waals surface area contributed by atoms with Crippen molar-refractivity contribution in [3.63, 3.8) is 0 Å². The van der Waals surface area contributed by atoms with Crippen LogP contribution in [0.1, 0.15) is 30.1 Å². The minimum atomic E-state index is -4.71. The van der Waals surface area contributed by atoms with Crippen LogP contribution in [-0.4, -0.2) is 27.9 Å². The predicted octanol–water partition coefficient (Wildman–Crippen LogP) is 2.46. The van der Waals surface area contributed by atoms with E-state index in [1.807, 2.05) is 0 Å². The van der Waals surface area contributed by atoms with E-state index in [0.29, 0.717) is 0 Å². The zero-order valence-electron chi connectivity index (χ0n) is 12.1. The number of nitrogens with zero attached hydrogens (tertiary/aromatic N) is 2. The third-order valence-electron chi connectivity index (χ3n) is 3.03. The molecule has 0 bridgehead atoms. The van der Waals surface area contributed by atoms with Crippen LogP contribution in [0.5, 0.6) is 0 Å². The minimum Gasteiger partial charge on any atom is -0.343 e. The van der Waals surface area contributed by atoms with Crippen LogP contribution in [0.25, 0.3) is 11.4 Å². The molecule has 1 N–H and O–H groups in total. The Balaban J connectivity index is 2.15. The maximum atomic E-state index is 12.4. The van der Waals surface area contributed by atoms with Crippen molar-refractivity contribution in [3.05, 3.63) is 35.7 Å². The number of halogens is 3. The van der Waals surface area contributed by atoms with Crippen LogP contribution in [-0.2, 0) is 11.0 Å². The minimum absolute atomic E-state index is 0.193. The highest BCUT2D eigenvalue weighted by Gasteiger charge is 2.38. The molecule has 9 heteroatoms. The first-order chi connectivity index (χ1) is 10.7. The van der Waals surface area contributed by atoms with E-state index < -0.39 is 24.0 Å². The molecule has 1 aromatic heterocycles. The molecule has 0 saturated heterocycles. The second-order valence-corrected chi connectivity index (χ2v) is 4.80. The van der Waals surface area contributed by atoms with Gasteiger partial charge in [-0.15, -0.1) is 0 Å². The Labute approximate surface area is 128 Å². The molecule has 1 unspecified atom stereocenters. The van der Waals surface area contributed by atoms with Crippen molar-refractivity contribution in [3.8, 4) is 11.4 Å². The van der Waals surface area contributed by atoms with Gasteiger partial charge in [0.1, 0.15) is 0 Å². The Morgan fingerprint density at radius 3 is 2.30 bits per heavy atom. The maximum Gasteiger partial charge on any atom is 0.471 e. The monoisotopic (exact) mass is 327 g/mol. The fourth-order valence-corrected chi connectivity index (χ4v) is 1.61. The van der Waals surface area contributed by atoms with E-state index in [4.69, 9.17) is 0 Å². The summed E-state index contributed by atoms with van der Waals surface area (Å²) in [4.78, 5) is 26.2. The van der Waals surface area contributed by atoms with E-state index in [9.17, 15) is 22.8 Å². The quantitative estimate of drug-likeness (QED) is 0.932. The van der Waals surface area contributed by atoms with Gasteiger partial charge in [0.05, 0.1) is 6.04 Å². The summed E-state index contributed by atoms with van der Waals surface area (Å²) in [7, 11) is 0. The van der Waals surface area contributed by atoms with Gasteiger partial charge in [0.2, 0.25) is 5.82 Å². The van der Waals surface area contributed by atoms with Crippen LogP contribution in [0, 0.1) is 0 Å². The van der Waals surface area contributed by atoms with Crippen LogP contribution in [0.4, 0.5) is 13.2 Å². The van der Waals surface area contributed by atoms with E-state index in [0.717, 1.165) is 0 Å². The molecule has 2 rings (SSSR count). The van der Waals surface area contributed by atoms with E-state index in [1.54, 1.807) is 6.92 Å². The molecule has 2 aromatic rings. The number of hydrogen-bond acceptors (Lipinski definition) is 5. The number of benzene rings is 1. The summed E-state index contributed by atoms with van der Waals surface area (Å²) in [5, 5.41) is 5.74. The molecule has 0 spiro atoms. The summed E-state index contributed by atoms with van der Waals surface area (Å²) in [5.74, 6) is -2.34. The van der Waals surface area contributed by atoms with Gasteiger partial charge in [0.25, 0.3) is 5.91 Å². The first-order valence-corrected chi connectivity index (χ1v) is 6.51. The lowest BCUT2D eigenvalue weighted by atomic mass is 10.1. The topological polar surface area (TPSA) is 85.1 Å². The van der Waals surface area contributed by atoms with E-state index in [-0.39, 0.29) is 22.7 Å². The Morgan fingerprint density at radius 2 is 1.83 bits per heavy atom. The molecule has 0 aliphatic rings. The number of ketones is 1. The first kappa shape index (κ1) is 16.7. The van der Waals surface area contributed by atoms with Crippen LogP contribution >= 0.6 is 0 Å². The third kappa shape index (κ3) is 3.93. The normalized spacial score (nSPS) is 12.7. The van der Waals surface area contributed by atoms with Crippen molar-refractivity contribution in [2.24, 2.45) is 0 Å². The van der Waals surface area contributed by atoms with Crippen molar-refractivity contribution in [2.75, 3.05) is 0 Å². The number of alkyl halides is 3. The van der Waals surface area contributed by atoms with Gasteiger partial charge in [-0.3, -0.25) is 9.59 Å². The number of Topliss-reactive ketones (excluding diaryl/α,β-unsaturated/α-hetero) is 1. The number of rotatable bonds is 4. The van der Waals surface area contributed by atoms with Gasteiger partial charge in [-0.1, -0.05) is 17.3 Å². The molecule has 0 fully saturated rings. The molecule has 1 heterocycles. The average molecular weight is 327 g/mol. The van der Waals surface area contributed by atoms with Crippen molar-refractivity contribution in [1.82, 2.24) is 15.5 Å². The van der Waals surface area contributed by atoms with E-state index >= 15 is 0 Å². The molecule has 0 aliphatic heterocycles. The molecule has 0 saturated carbocycles. The van der Waals surface area contributed by atoms with Crippen molar-refractivity contribution in [2.45, 2.75) is 26.1 Å². The Morgan fingerprint density at radius 1 is 1.22 bits per heavy atom. The zero-order chi connectivity index (χ0) is 17.2. The van der Waals surface area contributed by atoms with Gasteiger partial charge in [-0.05, 0) is 26.0 Å². The molecule has 23 heavy (non-hydrogen) atoms. The van der Waals surface area contributed by atoms with Gasteiger partial charge in [-0.2, -0.15) is 18.2 Å². The number of carbonyl (C=O) groups is 2. The maximum absolute atomic E-state index is 12.4. The summed E-state index contributed by atoms with van der Waals surface area (Å²) in [6.07, 6.45) is -4.71. The van der Waals surface area contributed by atoms with Gasteiger partial charge < -0.3 is 9.84 Å². The fraction of sp³-hybridized carbons (Fsp3) is 0.286. The summed E-state index contributed by atoms with van der Waals surface area (Å²) < 4.78 is 41.3. The smallest absolute Gasteiger partial charge is 0.343 e. The molecule has 0 aliphatic carbocycles. The Kier molecular flexibility index (Phi) is 4.48. The molecule has 6 nitrogen and oxygen atoms in total. The van der Waals surface area contributed by atoms with Gasteiger partial charge in [0.15, 0.2) is 5.78 Å². The lowest BCUT2D eigenvalue weighted by Crippen LogP contribution is -2.37. The Hall–Kier alpha value is -2.71. The number of carbonyl (C=O) groups excluding carboxylic acids is 2. The van der Waals surface area contributed by atoms with Gasteiger partial charge in [-0.25, -0.2) is 0 Å². The number of nitrogens with one attached hydrogen (secondary N) is 1. The number of hydrogen-bond donors (Lipinski definition) is 1. The van der Waals surface area contributed by atoms with Gasteiger partial charge >= 0.3 is 12.1 Å². The predicted molar refractivity (Wildman–Crippen MR) is 72.3 cm³/mol. The fourth-order valence-electron chi connectivity index (χ4n) is 1.61. The summed E-state index contributed by atoms with van der Waals surface area (Å²) in [6, 6.07) is 4.92. The van der Waals surface area contributed by atoms with Crippen LogP contribution in [0.3, 0.4) is 0 Å². The zero-order valence-corrected chi connectivity index (χ0v) is 12.1. The molecular weight excluding hydrogens is 315 g/mol. The molecule has 1 amide bonds. The highest BCUT2D eigenvalue weighted by molar-refractivity contribution is 5.97. The highest BCUT2D eigenvalue weighted by atomic mass is 19.4. The van der Waals surface area contributed by atoms with E-state index in [1.165, 1.54) is 31.2 Å². The lowest BCUT2D eigenvalue weighted by molar-refractivity contribution is -0.159. The first-order valence-electron chi connectivity index (χ1n) is 6.51. The summed E-state index contributed by atoms with van der Waals surface area (Å²) in [6.45, 7) is 2.90. The third-order valence-corrected chi connectivity index (χ3v) is 3.03. The van der Waals surface area contributed by atoms with Crippen LogP contribution < -0.4 is 5.32 Å². The summed E-state index contributed by atoms with van der Waals surface area (Å²) in [5.41, 5.74) is 0.516. The average Bonchev–Trinajstić information content (AvgIpc) is 2.97. The van der Waals surface area contributed by atoms with Crippen molar-refractivity contribution in [1.29, 1.82) is 0 Å². The molecule has 122 valence electrons. The van der Waals surface area contributed by atoms with Gasteiger partial charge in [0, 0.05) is 11.1 Å². The number of amides is 1. The van der Waals surface area contributed by atoms with Crippen LogP contribution in [0.15, 0.2) is 28.8 Å². The second-order valence-electron chi connectivity index (χ2n) is 4.80. The van der Waals surface area contributed by atoms with Crippen molar-refractivity contribution >= 4 is 11.7 Å². The van der Waals surface area contributed by atoms with E-state index in [2.05, 4.69) is 20.0 Å². The SMILES string of the molecule is CC(=O)C(C)NC(=O)c1ccc(-c2noc(C(F)(F)F)n2)cc1. The number of aromatic nitrogens is 2. The van der Waals surface area contributed by atoms with Crippen molar-refractivity contribution < 1.29 is 27.3 Å². The molecule has 1 atom stereocenters. The standard InChI is InChI=1S/C14H12F3N3O3/c1-7(8(2)21)18-12(22)10-5-3-9(4-6-10)11-19-13(23-20-11)14(15,16)17/h3-7H,1-2H3,(H,18,22). The second kappa shape index (κ2) is 6.19. The largest absolute Gasteiger partial charge is 0.471 e. The Bertz CT molecular complexity index is 723. The highest BCUT2D eigenvalue weighted by Crippen LogP contribution is 2.29. The molecule has 1 aromatic carbocycles. The summed E-state index contributed by atoms with van der Waals surface area (Å²) >= 11 is 0.